The fourth-order valence-electron chi connectivity index (χ4n) is 2.65. The minimum absolute atomic E-state index is 0.122. The Morgan fingerprint density at radius 2 is 1.67 bits per heavy atom. The molecule has 3 aromatic rings. The lowest BCUT2D eigenvalue weighted by atomic mass is 10.2. The highest BCUT2D eigenvalue weighted by Gasteiger charge is 2.14. The third-order valence-corrected chi connectivity index (χ3v) is 4.99. The van der Waals surface area contributed by atoms with Crippen LogP contribution in [-0.2, 0) is 4.79 Å². The van der Waals surface area contributed by atoms with Gasteiger partial charge in [0.15, 0.2) is 5.82 Å². The SMILES string of the molecule is COc1ccc(OC)c(NC(=O)CSc2n[nH]c(-c3ccc(OC)cc3OC)n2)c1. The van der Waals surface area contributed by atoms with Crippen LogP contribution in [0, 0.1) is 0 Å². The van der Waals surface area contributed by atoms with E-state index in [1.54, 1.807) is 45.6 Å². The fraction of sp³-hybridized carbons (Fsp3) is 0.250. The molecular formula is C20H22N4O5S. The Balaban J connectivity index is 1.65. The highest BCUT2D eigenvalue weighted by atomic mass is 32.2. The average molecular weight is 430 g/mol. The average Bonchev–Trinajstić information content (AvgIpc) is 3.26. The lowest BCUT2D eigenvalue weighted by Crippen LogP contribution is -2.15. The van der Waals surface area contributed by atoms with Crippen molar-refractivity contribution < 1.29 is 23.7 Å². The van der Waals surface area contributed by atoms with Crippen molar-refractivity contribution in [1.29, 1.82) is 0 Å². The zero-order chi connectivity index (χ0) is 21.5. The predicted octanol–water partition coefficient (Wildman–Crippen LogP) is 3.24. The van der Waals surface area contributed by atoms with Crippen LogP contribution in [0.5, 0.6) is 23.0 Å². The van der Waals surface area contributed by atoms with Crippen LogP contribution >= 0.6 is 11.8 Å². The first kappa shape index (κ1) is 21.3. The van der Waals surface area contributed by atoms with E-state index >= 15 is 0 Å². The number of hydrogen-bond donors (Lipinski definition) is 2. The van der Waals surface area contributed by atoms with Crippen molar-refractivity contribution in [2.75, 3.05) is 39.5 Å². The largest absolute Gasteiger partial charge is 0.497 e. The van der Waals surface area contributed by atoms with E-state index in [0.29, 0.717) is 39.7 Å². The molecule has 1 heterocycles. The van der Waals surface area contributed by atoms with E-state index in [1.165, 1.54) is 18.9 Å². The second-order valence-electron chi connectivity index (χ2n) is 5.94. The first-order valence-electron chi connectivity index (χ1n) is 8.87. The van der Waals surface area contributed by atoms with E-state index < -0.39 is 0 Å². The number of aromatic nitrogens is 3. The molecule has 2 aromatic carbocycles. The van der Waals surface area contributed by atoms with E-state index in [2.05, 4.69) is 20.5 Å². The van der Waals surface area contributed by atoms with Gasteiger partial charge in [0, 0.05) is 12.1 Å². The number of aromatic amines is 1. The number of nitrogens with zero attached hydrogens (tertiary/aromatic N) is 2. The maximum Gasteiger partial charge on any atom is 0.234 e. The Morgan fingerprint density at radius 3 is 2.37 bits per heavy atom. The number of rotatable bonds is 9. The van der Waals surface area contributed by atoms with Gasteiger partial charge in [0.2, 0.25) is 11.1 Å². The highest BCUT2D eigenvalue weighted by molar-refractivity contribution is 7.99. The second-order valence-corrected chi connectivity index (χ2v) is 6.88. The second kappa shape index (κ2) is 9.88. The molecule has 158 valence electrons. The third kappa shape index (κ3) is 4.95. The van der Waals surface area contributed by atoms with Crippen LogP contribution in [0.3, 0.4) is 0 Å². The van der Waals surface area contributed by atoms with Crippen molar-refractivity contribution in [1.82, 2.24) is 15.2 Å². The van der Waals surface area contributed by atoms with Gasteiger partial charge < -0.3 is 24.3 Å². The van der Waals surface area contributed by atoms with Crippen LogP contribution in [0.4, 0.5) is 5.69 Å². The van der Waals surface area contributed by atoms with Gasteiger partial charge in [0.05, 0.1) is 45.4 Å². The number of ether oxygens (including phenoxy) is 4. The summed E-state index contributed by atoms with van der Waals surface area (Å²) in [6.45, 7) is 0. The Kier molecular flexibility index (Phi) is 7.02. The van der Waals surface area contributed by atoms with Crippen molar-refractivity contribution in [3.05, 3.63) is 36.4 Å². The number of thioether (sulfide) groups is 1. The van der Waals surface area contributed by atoms with Gasteiger partial charge in [-0.1, -0.05) is 11.8 Å². The molecule has 10 heteroatoms. The molecule has 0 radical (unpaired) electrons. The summed E-state index contributed by atoms with van der Waals surface area (Å²) < 4.78 is 21.1. The molecule has 0 aliphatic rings. The summed E-state index contributed by atoms with van der Waals surface area (Å²) in [5.74, 6) is 2.87. The van der Waals surface area contributed by atoms with Gasteiger partial charge in [0.25, 0.3) is 0 Å². The maximum atomic E-state index is 12.4. The molecule has 0 spiro atoms. The summed E-state index contributed by atoms with van der Waals surface area (Å²) in [5.41, 5.74) is 1.27. The molecule has 2 N–H and O–H groups in total. The zero-order valence-electron chi connectivity index (χ0n) is 17.0. The molecule has 30 heavy (non-hydrogen) atoms. The van der Waals surface area contributed by atoms with Crippen LogP contribution in [0.25, 0.3) is 11.4 Å². The Labute approximate surface area is 178 Å². The highest BCUT2D eigenvalue weighted by Crippen LogP contribution is 2.32. The number of amides is 1. The van der Waals surface area contributed by atoms with E-state index in [9.17, 15) is 4.79 Å². The van der Waals surface area contributed by atoms with Crippen LogP contribution in [0.2, 0.25) is 0 Å². The molecule has 0 aliphatic carbocycles. The molecule has 0 bridgehead atoms. The molecule has 0 fully saturated rings. The molecule has 1 aromatic heterocycles. The summed E-state index contributed by atoms with van der Waals surface area (Å²) in [7, 11) is 6.25. The number of anilines is 1. The number of benzene rings is 2. The Morgan fingerprint density at radius 1 is 0.967 bits per heavy atom. The Hall–Kier alpha value is -3.40. The van der Waals surface area contributed by atoms with Crippen LogP contribution in [0.15, 0.2) is 41.6 Å². The monoisotopic (exact) mass is 430 g/mol. The van der Waals surface area contributed by atoms with Gasteiger partial charge in [-0.2, -0.15) is 0 Å². The lowest BCUT2D eigenvalue weighted by molar-refractivity contribution is -0.113. The van der Waals surface area contributed by atoms with Gasteiger partial charge in [-0.25, -0.2) is 4.98 Å². The van der Waals surface area contributed by atoms with Crippen molar-refractivity contribution >= 4 is 23.4 Å². The Bertz CT molecular complexity index is 1020. The number of nitrogens with one attached hydrogen (secondary N) is 2. The summed E-state index contributed by atoms with van der Waals surface area (Å²) >= 11 is 1.20. The number of H-pyrrole nitrogens is 1. The number of carbonyl (C=O) groups excluding carboxylic acids is 1. The van der Waals surface area contributed by atoms with Gasteiger partial charge in [-0.05, 0) is 24.3 Å². The van der Waals surface area contributed by atoms with Crippen molar-refractivity contribution in [3.63, 3.8) is 0 Å². The molecule has 0 atom stereocenters. The molecule has 0 saturated heterocycles. The van der Waals surface area contributed by atoms with Gasteiger partial charge in [-0.3, -0.25) is 9.89 Å². The molecule has 1 amide bonds. The normalized spacial score (nSPS) is 10.4. The van der Waals surface area contributed by atoms with Crippen molar-refractivity contribution in [2.45, 2.75) is 5.16 Å². The third-order valence-electron chi connectivity index (χ3n) is 4.14. The van der Waals surface area contributed by atoms with Gasteiger partial charge in [0.1, 0.15) is 23.0 Å². The number of hydrogen-bond acceptors (Lipinski definition) is 8. The summed E-state index contributed by atoms with van der Waals surface area (Å²) in [5, 5.41) is 10.3. The van der Waals surface area contributed by atoms with E-state index in [-0.39, 0.29) is 11.7 Å². The predicted molar refractivity (Wildman–Crippen MR) is 114 cm³/mol. The lowest BCUT2D eigenvalue weighted by Gasteiger charge is -2.11. The number of carbonyl (C=O) groups is 1. The minimum Gasteiger partial charge on any atom is -0.497 e. The molecule has 9 nitrogen and oxygen atoms in total. The first-order chi connectivity index (χ1) is 14.6. The smallest absolute Gasteiger partial charge is 0.234 e. The molecular weight excluding hydrogens is 408 g/mol. The van der Waals surface area contributed by atoms with Gasteiger partial charge in [-0.15, -0.1) is 5.10 Å². The summed E-state index contributed by atoms with van der Waals surface area (Å²) in [6, 6.07) is 10.6. The van der Waals surface area contributed by atoms with Crippen LogP contribution in [-0.4, -0.2) is 55.3 Å². The topological polar surface area (TPSA) is 108 Å². The van der Waals surface area contributed by atoms with Crippen LogP contribution in [0.1, 0.15) is 0 Å². The first-order valence-corrected chi connectivity index (χ1v) is 9.86. The summed E-state index contributed by atoms with van der Waals surface area (Å²) in [4.78, 5) is 16.8. The van der Waals surface area contributed by atoms with Crippen LogP contribution < -0.4 is 24.3 Å². The molecule has 3 rings (SSSR count). The van der Waals surface area contributed by atoms with Crippen molar-refractivity contribution in [3.8, 4) is 34.4 Å². The maximum absolute atomic E-state index is 12.4. The van der Waals surface area contributed by atoms with E-state index in [1.807, 2.05) is 12.1 Å². The molecule has 0 saturated carbocycles. The minimum atomic E-state index is -0.222. The summed E-state index contributed by atoms with van der Waals surface area (Å²) in [6.07, 6.45) is 0. The van der Waals surface area contributed by atoms with Crippen molar-refractivity contribution in [2.24, 2.45) is 0 Å². The van der Waals surface area contributed by atoms with E-state index in [4.69, 9.17) is 18.9 Å². The van der Waals surface area contributed by atoms with Gasteiger partial charge >= 0.3 is 0 Å². The van der Waals surface area contributed by atoms with E-state index in [0.717, 1.165) is 5.56 Å². The quantitative estimate of drug-likeness (QED) is 0.498. The zero-order valence-corrected chi connectivity index (χ0v) is 17.8. The number of methoxy groups -OCH3 is 4. The molecule has 0 aliphatic heterocycles. The fourth-order valence-corrected chi connectivity index (χ4v) is 3.25. The molecule has 0 unspecified atom stereocenters. The standard InChI is InChI=1S/C20H22N4O5S/c1-26-12-6-8-16(28-3)15(9-12)21-18(25)11-30-20-22-19(23-24-20)14-7-5-13(27-2)10-17(14)29-4/h5-10H,11H2,1-4H3,(H,21,25)(H,22,23,24).